The van der Waals surface area contributed by atoms with Crippen LogP contribution < -0.4 is 4.74 Å². The van der Waals surface area contributed by atoms with Gasteiger partial charge in [0.2, 0.25) is 0 Å². The highest BCUT2D eigenvalue weighted by molar-refractivity contribution is 7.13. The van der Waals surface area contributed by atoms with Crippen LogP contribution in [0.1, 0.15) is 27.0 Å². The summed E-state index contributed by atoms with van der Waals surface area (Å²) in [6.45, 7) is 2.43. The highest BCUT2D eigenvalue weighted by Gasteiger charge is 2.09. The molecule has 2 nitrogen and oxygen atoms in total. The summed E-state index contributed by atoms with van der Waals surface area (Å²) in [6, 6.07) is 6.95. The molecule has 0 N–H and O–H groups in total. The van der Waals surface area contributed by atoms with Gasteiger partial charge in [-0.25, -0.2) is 0 Å². The van der Waals surface area contributed by atoms with Gasteiger partial charge in [-0.2, -0.15) is 0 Å². The predicted molar refractivity (Wildman–Crippen MR) is 79.9 cm³/mol. The molecule has 2 aromatic rings. The average Bonchev–Trinajstić information content (AvgIpc) is 2.82. The second-order valence-corrected chi connectivity index (χ2v) is 5.94. The summed E-state index contributed by atoms with van der Waals surface area (Å²) in [5, 5.41) is 1.10. The van der Waals surface area contributed by atoms with Crippen molar-refractivity contribution >= 4 is 40.8 Å². The van der Waals surface area contributed by atoms with Crippen LogP contribution in [-0.4, -0.2) is 6.29 Å². The minimum Gasteiger partial charge on any atom is -0.487 e. The first-order valence-electron chi connectivity index (χ1n) is 5.78. The molecule has 0 bridgehead atoms. The molecule has 5 heteroatoms. The van der Waals surface area contributed by atoms with E-state index in [9.17, 15) is 4.79 Å². The lowest BCUT2D eigenvalue weighted by molar-refractivity contribution is 0.112. The number of ether oxygens (including phenoxy) is 1. The number of halogens is 2. The van der Waals surface area contributed by atoms with Crippen LogP contribution in [0.15, 0.2) is 24.3 Å². The topological polar surface area (TPSA) is 26.3 Å². The van der Waals surface area contributed by atoms with Crippen molar-refractivity contribution in [1.29, 1.82) is 0 Å². The molecule has 0 aliphatic rings. The molecule has 0 unspecified atom stereocenters. The van der Waals surface area contributed by atoms with E-state index < -0.39 is 0 Å². The normalized spacial score (nSPS) is 10.5. The highest BCUT2D eigenvalue weighted by Crippen LogP contribution is 2.30. The zero-order valence-corrected chi connectivity index (χ0v) is 12.6. The SMILES string of the molecule is CCc1sc(C=O)cc1COc1cc(Cl)ccc1Cl. The van der Waals surface area contributed by atoms with E-state index in [1.807, 2.05) is 6.07 Å². The Kier molecular flexibility index (Phi) is 4.86. The van der Waals surface area contributed by atoms with Crippen LogP contribution in [-0.2, 0) is 13.0 Å². The van der Waals surface area contributed by atoms with Gasteiger partial charge in [0.25, 0.3) is 0 Å². The quantitative estimate of drug-likeness (QED) is 0.725. The van der Waals surface area contributed by atoms with Gasteiger partial charge in [-0.15, -0.1) is 11.3 Å². The smallest absolute Gasteiger partial charge is 0.160 e. The van der Waals surface area contributed by atoms with Crippen LogP contribution in [0, 0.1) is 0 Å². The van der Waals surface area contributed by atoms with Crippen molar-refractivity contribution in [3.05, 3.63) is 49.6 Å². The molecule has 0 atom stereocenters. The van der Waals surface area contributed by atoms with Crippen LogP contribution >= 0.6 is 34.5 Å². The molecule has 1 heterocycles. The van der Waals surface area contributed by atoms with Crippen LogP contribution in [0.5, 0.6) is 5.75 Å². The fourth-order valence-corrected chi connectivity index (χ4v) is 2.97. The van der Waals surface area contributed by atoms with E-state index in [2.05, 4.69) is 6.92 Å². The summed E-state index contributed by atoms with van der Waals surface area (Å²) in [6.07, 6.45) is 1.74. The van der Waals surface area contributed by atoms with Crippen molar-refractivity contribution in [2.24, 2.45) is 0 Å². The Morgan fingerprint density at radius 1 is 1.32 bits per heavy atom. The second kappa shape index (κ2) is 6.42. The van der Waals surface area contributed by atoms with Crippen molar-refractivity contribution < 1.29 is 9.53 Å². The molecule has 0 saturated heterocycles. The molecule has 0 amide bonds. The Hall–Kier alpha value is -1.03. The molecule has 0 aliphatic heterocycles. The van der Waals surface area contributed by atoms with Gasteiger partial charge in [-0.05, 0) is 24.6 Å². The molecule has 2 rings (SSSR count). The lowest BCUT2D eigenvalue weighted by Gasteiger charge is -2.08. The van der Waals surface area contributed by atoms with E-state index in [1.54, 1.807) is 18.2 Å². The molecule has 0 saturated carbocycles. The Morgan fingerprint density at radius 3 is 2.79 bits per heavy atom. The van der Waals surface area contributed by atoms with Crippen molar-refractivity contribution in [1.82, 2.24) is 0 Å². The molecule has 0 fully saturated rings. The van der Waals surface area contributed by atoms with Crippen molar-refractivity contribution in [3.63, 3.8) is 0 Å². The van der Waals surface area contributed by atoms with E-state index in [0.29, 0.717) is 27.3 Å². The van der Waals surface area contributed by atoms with Crippen molar-refractivity contribution in [2.75, 3.05) is 0 Å². The summed E-state index contributed by atoms with van der Waals surface area (Å²) >= 11 is 13.4. The Bertz CT molecular complexity index is 593. The fourth-order valence-electron chi connectivity index (χ4n) is 1.71. The van der Waals surface area contributed by atoms with Crippen molar-refractivity contribution in [3.8, 4) is 5.75 Å². The van der Waals surface area contributed by atoms with Gasteiger partial charge in [-0.1, -0.05) is 30.1 Å². The lowest BCUT2D eigenvalue weighted by Crippen LogP contribution is -1.97. The number of benzene rings is 1. The zero-order chi connectivity index (χ0) is 13.8. The summed E-state index contributed by atoms with van der Waals surface area (Å²) in [5.41, 5.74) is 1.02. The predicted octanol–water partition coefficient (Wildman–Crippen LogP) is 5.01. The number of aldehydes is 1. The maximum atomic E-state index is 10.8. The van der Waals surface area contributed by atoms with Crippen LogP contribution in [0.4, 0.5) is 0 Å². The monoisotopic (exact) mass is 314 g/mol. The Labute approximate surface area is 125 Å². The first kappa shape index (κ1) is 14.4. The number of thiophene rings is 1. The third-order valence-electron chi connectivity index (χ3n) is 2.63. The Morgan fingerprint density at radius 2 is 2.11 bits per heavy atom. The van der Waals surface area contributed by atoms with E-state index in [1.165, 1.54) is 11.3 Å². The molecular formula is C14H12Cl2O2S. The molecule has 0 aliphatic carbocycles. The van der Waals surface area contributed by atoms with Gasteiger partial charge >= 0.3 is 0 Å². The number of carbonyl (C=O) groups is 1. The molecule has 0 spiro atoms. The third kappa shape index (κ3) is 3.50. The molecule has 1 aromatic carbocycles. The highest BCUT2D eigenvalue weighted by atomic mass is 35.5. The third-order valence-corrected chi connectivity index (χ3v) is 4.42. The molecule has 1 aromatic heterocycles. The molecular weight excluding hydrogens is 303 g/mol. The van der Waals surface area contributed by atoms with E-state index in [-0.39, 0.29) is 0 Å². The molecule has 0 radical (unpaired) electrons. The van der Waals surface area contributed by atoms with Gasteiger partial charge in [0.05, 0.1) is 9.90 Å². The van der Waals surface area contributed by atoms with E-state index in [4.69, 9.17) is 27.9 Å². The van der Waals surface area contributed by atoms with Gasteiger partial charge in [-0.3, -0.25) is 4.79 Å². The minimum atomic E-state index is 0.383. The minimum absolute atomic E-state index is 0.383. The van der Waals surface area contributed by atoms with Gasteiger partial charge in [0, 0.05) is 21.5 Å². The summed E-state index contributed by atoms with van der Waals surface area (Å²) < 4.78 is 5.68. The molecule has 19 heavy (non-hydrogen) atoms. The first-order chi connectivity index (χ1) is 9.13. The van der Waals surface area contributed by atoms with Crippen LogP contribution in [0.3, 0.4) is 0 Å². The summed E-state index contributed by atoms with van der Waals surface area (Å²) in [5.74, 6) is 0.551. The number of hydrogen-bond acceptors (Lipinski definition) is 3. The number of rotatable bonds is 5. The molecule has 100 valence electrons. The zero-order valence-electron chi connectivity index (χ0n) is 10.3. The van der Waals surface area contributed by atoms with E-state index >= 15 is 0 Å². The van der Waals surface area contributed by atoms with Gasteiger partial charge in [0.1, 0.15) is 12.4 Å². The van der Waals surface area contributed by atoms with Gasteiger partial charge in [0.15, 0.2) is 6.29 Å². The summed E-state index contributed by atoms with van der Waals surface area (Å²) in [7, 11) is 0. The second-order valence-electron chi connectivity index (χ2n) is 3.93. The maximum absolute atomic E-state index is 10.8. The number of carbonyl (C=O) groups excluding carboxylic acids is 1. The average molecular weight is 315 g/mol. The summed E-state index contributed by atoms with van der Waals surface area (Å²) in [4.78, 5) is 12.7. The standard InChI is InChI=1S/C14H12Cl2O2S/c1-2-14-9(5-11(7-17)19-14)8-18-13-6-10(15)3-4-12(13)16/h3-7H,2,8H2,1H3. The fraction of sp³-hybridized carbons (Fsp3) is 0.214. The lowest BCUT2D eigenvalue weighted by atomic mass is 10.2. The Balaban J connectivity index is 2.15. The van der Waals surface area contributed by atoms with Crippen LogP contribution in [0.25, 0.3) is 0 Å². The van der Waals surface area contributed by atoms with Crippen LogP contribution in [0.2, 0.25) is 10.0 Å². The first-order valence-corrected chi connectivity index (χ1v) is 7.36. The maximum Gasteiger partial charge on any atom is 0.160 e. The van der Waals surface area contributed by atoms with E-state index in [0.717, 1.165) is 23.1 Å². The number of hydrogen-bond donors (Lipinski definition) is 0. The largest absolute Gasteiger partial charge is 0.487 e. The van der Waals surface area contributed by atoms with Crippen molar-refractivity contribution in [2.45, 2.75) is 20.0 Å². The van der Waals surface area contributed by atoms with Gasteiger partial charge < -0.3 is 4.74 Å². The number of aryl methyl sites for hydroxylation is 1.